The van der Waals surface area contributed by atoms with E-state index in [2.05, 4.69) is 24.4 Å². The number of imidazole rings is 1. The van der Waals surface area contributed by atoms with Gasteiger partial charge in [0.2, 0.25) is 0 Å². The molecule has 2 aromatic heterocycles. The average Bonchev–Trinajstić information content (AvgIpc) is 2.92. The first-order chi connectivity index (χ1) is 9.76. The van der Waals surface area contributed by atoms with Crippen molar-refractivity contribution in [2.24, 2.45) is 0 Å². The molecular formula is C13H16ClN5O. The Bertz CT molecular complexity index is 600. The molecule has 6 nitrogen and oxygen atoms in total. The first-order valence-electron chi connectivity index (χ1n) is 6.62. The molecule has 7 heteroatoms. The maximum atomic E-state index is 6.07. The Hall–Kier alpha value is -1.66. The zero-order chi connectivity index (χ0) is 13.9. The largest absolute Gasteiger partial charge is 0.374 e. The summed E-state index contributed by atoms with van der Waals surface area (Å²) in [4.78, 5) is 15.2. The molecule has 3 heterocycles. The summed E-state index contributed by atoms with van der Waals surface area (Å²) >= 11 is 6.07. The van der Waals surface area contributed by atoms with Gasteiger partial charge in [0.1, 0.15) is 23.4 Å². The molecule has 3 rings (SSSR count). The fourth-order valence-electron chi connectivity index (χ4n) is 2.24. The molecule has 0 saturated heterocycles. The molecule has 0 bridgehead atoms. The number of halogens is 1. The lowest BCUT2D eigenvalue weighted by molar-refractivity contribution is 0.128. The van der Waals surface area contributed by atoms with E-state index in [1.165, 1.54) is 0 Å². The predicted molar refractivity (Wildman–Crippen MR) is 75.6 cm³/mol. The molecule has 0 aliphatic carbocycles. The number of rotatable bonds is 4. The van der Waals surface area contributed by atoms with Gasteiger partial charge in [-0.1, -0.05) is 11.6 Å². The molecule has 1 aliphatic heterocycles. The highest BCUT2D eigenvalue weighted by molar-refractivity contribution is 6.29. The van der Waals surface area contributed by atoms with E-state index < -0.39 is 0 Å². The standard InChI is InChI=1S/C13H16ClN5O/c1-2-20-9-11-16-10(14)7-12(17-11)19-6-5-18-4-3-15-13(18)8-19/h3-4,7H,2,5-6,8-9H2,1H3. The van der Waals surface area contributed by atoms with Gasteiger partial charge < -0.3 is 14.2 Å². The molecule has 0 saturated carbocycles. The molecule has 2 aromatic rings. The first kappa shape index (κ1) is 13.3. The van der Waals surface area contributed by atoms with E-state index in [1.54, 1.807) is 6.07 Å². The van der Waals surface area contributed by atoms with Crippen LogP contribution in [0.25, 0.3) is 0 Å². The zero-order valence-electron chi connectivity index (χ0n) is 11.3. The summed E-state index contributed by atoms with van der Waals surface area (Å²) in [5.41, 5.74) is 0. The van der Waals surface area contributed by atoms with Crippen LogP contribution in [0.15, 0.2) is 18.5 Å². The van der Waals surface area contributed by atoms with Gasteiger partial charge in [-0.15, -0.1) is 0 Å². The molecule has 0 amide bonds. The fourth-order valence-corrected chi connectivity index (χ4v) is 2.44. The van der Waals surface area contributed by atoms with Gasteiger partial charge in [-0.3, -0.25) is 0 Å². The highest BCUT2D eigenvalue weighted by atomic mass is 35.5. The SMILES string of the molecule is CCOCc1nc(Cl)cc(N2CCn3ccnc3C2)n1. The van der Waals surface area contributed by atoms with Crippen molar-refractivity contribution >= 4 is 17.4 Å². The molecule has 1 aliphatic rings. The lowest BCUT2D eigenvalue weighted by atomic mass is 10.3. The molecule has 0 spiro atoms. The molecule has 20 heavy (non-hydrogen) atoms. The Morgan fingerprint density at radius 1 is 1.35 bits per heavy atom. The topological polar surface area (TPSA) is 56.1 Å². The molecule has 0 atom stereocenters. The molecule has 0 N–H and O–H groups in total. The third-order valence-electron chi connectivity index (χ3n) is 3.23. The van der Waals surface area contributed by atoms with E-state index >= 15 is 0 Å². The summed E-state index contributed by atoms with van der Waals surface area (Å²) in [5.74, 6) is 2.48. The summed E-state index contributed by atoms with van der Waals surface area (Å²) in [6.45, 7) is 5.46. The second-order valence-corrected chi connectivity index (χ2v) is 4.95. The van der Waals surface area contributed by atoms with Crippen molar-refractivity contribution in [3.63, 3.8) is 0 Å². The van der Waals surface area contributed by atoms with Gasteiger partial charge in [0.15, 0.2) is 5.82 Å². The van der Waals surface area contributed by atoms with E-state index in [9.17, 15) is 0 Å². The zero-order valence-corrected chi connectivity index (χ0v) is 12.0. The van der Waals surface area contributed by atoms with Crippen LogP contribution in [0.5, 0.6) is 0 Å². The Morgan fingerprint density at radius 3 is 3.10 bits per heavy atom. The summed E-state index contributed by atoms with van der Waals surface area (Å²) in [5, 5.41) is 0.443. The second-order valence-electron chi connectivity index (χ2n) is 4.56. The van der Waals surface area contributed by atoms with Crippen molar-refractivity contribution in [1.29, 1.82) is 0 Å². The van der Waals surface area contributed by atoms with Gasteiger partial charge in [-0.2, -0.15) is 0 Å². The van der Waals surface area contributed by atoms with Crippen molar-refractivity contribution in [2.45, 2.75) is 26.6 Å². The van der Waals surface area contributed by atoms with E-state index in [-0.39, 0.29) is 0 Å². The average molecular weight is 294 g/mol. The minimum atomic E-state index is 0.381. The summed E-state index contributed by atoms with van der Waals surface area (Å²) in [7, 11) is 0. The molecular weight excluding hydrogens is 278 g/mol. The number of hydrogen-bond acceptors (Lipinski definition) is 5. The minimum Gasteiger partial charge on any atom is -0.374 e. The van der Waals surface area contributed by atoms with Gasteiger partial charge in [0.05, 0.1) is 6.54 Å². The predicted octanol–water partition coefficient (Wildman–Crippen LogP) is 1.88. The summed E-state index contributed by atoms with van der Waals surface area (Å²) in [6.07, 6.45) is 3.83. The van der Waals surface area contributed by atoms with Gasteiger partial charge in [0, 0.05) is 38.2 Å². The Kier molecular flexibility index (Phi) is 3.84. The van der Waals surface area contributed by atoms with Crippen LogP contribution in [0, 0.1) is 0 Å². The van der Waals surface area contributed by atoms with Crippen molar-refractivity contribution in [2.75, 3.05) is 18.1 Å². The maximum Gasteiger partial charge on any atom is 0.158 e. The van der Waals surface area contributed by atoms with Crippen LogP contribution in [0.2, 0.25) is 5.15 Å². The van der Waals surface area contributed by atoms with Crippen LogP contribution < -0.4 is 4.90 Å². The van der Waals surface area contributed by atoms with Crippen LogP contribution >= 0.6 is 11.6 Å². The van der Waals surface area contributed by atoms with Gasteiger partial charge in [0.25, 0.3) is 0 Å². The Labute approximate surface area is 122 Å². The van der Waals surface area contributed by atoms with Crippen LogP contribution in [0.3, 0.4) is 0 Å². The van der Waals surface area contributed by atoms with Gasteiger partial charge >= 0.3 is 0 Å². The number of aromatic nitrogens is 4. The van der Waals surface area contributed by atoms with Crippen LogP contribution in [0.1, 0.15) is 18.6 Å². The van der Waals surface area contributed by atoms with E-state index in [4.69, 9.17) is 16.3 Å². The number of fused-ring (bicyclic) bond motifs is 1. The lowest BCUT2D eigenvalue weighted by Crippen LogP contribution is -2.34. The number of nitrogens with zero attached hydrogens (tertiary/aromatic N) is 5. The summed E-state index contributed by atoms with van der Waals surface area (Å²) in [6, 6.07) is 1.79. The van der Waals surface area contributed by atoms with Gasteiger partial charge in [-0.25, -0.2) is 15.0 Å². The van der Waals surface area contributed by atoms with Crippen LogP contribution in [-0.2, 0) is 24.4 Å². The first-order valence-corrected chi connectivity index (χ1v) is 7.00. The van der Waals surface area contributed by atoms with Crippen LogP contribution in [-0.4, -0.2) is 32.7 Å². The van der Waals surface area contributed by atoms with Gasteiger partial charge in [-0.05, 0) is 6.92 Å². The number of anilines is 1. The molecule has 0 unspecified atom stereocenters. The third kappa shape index (κ3) is 2.76. The smallest absolute Gasteiger partial charge is 0.158 e. The number of ether oxygens (including phenoxy) is 1. The Morgan fingerprint density at radius 2 is 2.25 bits per heavy atom. The second kappa shape index (κ2) is 5.76. The molecule has 0 aromatic carbocycles. The molecule has 0 radical (unpaired) electrons. The third-order valence-corrected chi connectivity index (χ3v) is 3.43. The van der Waals surface area contributed by atoms with Crippen molar-refractivity contribution in [3.05, 3.63) is 35.3 Å². The fraction of sp³-hybridized carbons (Fsp3) is 0.462. The number of hydrogen-bond donors (Lipinski definition) is 0. The normalized spacial score (nSPS) is 14.4. The molecule has 0 fully saturated rings. The molecule has 106 valence electrons. The minimum absolute atomic E-state index is 0.381. The van der Waals surface area contributed by atoms with E-state index in [0.717, 1.165) is 31.3 Å². The summed E-state index contributed by atoms with van der Waals surface area (Å²) < 4.78 is 7.50. The highest BCUT2D eigenvalue weighted by Crippen LogP contribution is 2.21. The van der Waals surface area contributed by atoms with Crippen molar-refractivity contribution in [3.8, 4) is 0 Å². The monoisotopic (exact) mass is 293 g/mol. The van der Waals surface area contributed by atoms with Crippen LogP contribution in [0.4, 0.5) is 5.82 Å². The maximum absolute atomic E-state index is 6.07. The van der Waals surface area contributed by atoms with E-state index in [1.807, 2.05) is 19.3 Å². The highest BCUT2D eigenvalue weighted by Gasteiger charge is 2.19. The Balaban J connectivity index is 1.82. The van der Waals surface area contributed by atoms with Crippen molar-refractivity contribution in [1.82, 2.24) is 19.5 Å². The van der Waals surface area contributed by atoms with E-state index in [0.29, 0.717) is 24.2 Å². The van der Waals surface area contributed by atoms with Crippen molar-refractivity contribution < 1.29 is 4.74 Å². The lowest BCUT2D eigenvalue weighted by Gasteiger charge is -2.28. The quantitative estimate of drug-likeness (QED) is 0.806.